The molecule has 1 aliphatic heterocycles. The first-order valence-electron chi connectivity index (χ1n) is 8.61. The summed E-state index contributed by atoms with van der Waals surface area (Å²) in [5, 5.41) is 7.09. The van der Waals surface area contributed by atoms with Crippen LogP contribution in [0.5, 0.6) is 5.75 Å². The van der Waals surface area contributed by atoms with E-state index in [4.69, 9.17) is 16.3 Å². The van der Waals surface area contributed by atoms with Crippen LogP contribution in [-0.4, -0.2) is 60.4 Å². The van der Waals surface area contributed by atoms with E-state index in [1.807, 2.05) is 4.90 Å². The highest BCUT2D eigenvalue weighted by molar-refractivity contribution is 6.33. The van der Waals surface area contributed by atoms with Crippen molar-refractivity contribution in [2.45, 2.75) is 0 Å². The molecule has 1 aliphatic rings. The number of halogens is 1. The average molecular weight is 392 g/mol. The summed E-state index contributed by atoms with van der Waals surface area (Å²) in [7, 11) is 3.17. The van der Waals surface area contributed by atoms with Gasteiger partial charge in [-0.1, -0.05) is 11.6 Å². The Morgan fingerprint density at radius 1 is 1.22 bits per heavy atom. The average Bonchev–Trinajstić information content (AvgIpc) is 2.68. The van der Waals surface area contributed by atoms with Crippen molar-refractivity contribution in [1.82, 2.24) is 14.7 Å². The molecule has 1 saturated heterocycles. The molecular weight excluding hydrogens is 370 g/mol. The van der Waals surface area contributed by atoms with Crippen LogP contribution in [-0.2, 0) is 11.8 Å². The second-order valence-corrected chi connectivity index (χ2v) is 6.69. The van der Waals surface area contributed by atoms with Crippen molar-refractivity contribution in [2.75, 3.05) is 50.1 Å². The Labute approximate surface area is 162 Å². The van der Waals surface area contributed by atoms with Gasteiger partial charge in [-0.25, -0.2) is 4.68 Å². The zero-order chi connectivity index (χ0) is 19.4. The number of anilines is 2. The summed E-state index contributed by atoms with van der Waals surface area (Å²) in [6.45, 7) is 3.04. The first kappa shape index (κ1) is 19.2. The number of hydrogen-bond donors (Lipinski definition) is 1. The second-order valence-electron chi connectivity index (χ2n) is 6.31. The molecule has 27 heavy (non-hydrogen) atoms. The van der Waals surface area contributed by atoms with Gasteiger partial charge in [0, 0.05) is 38.9 Å². The van der Waals surface area contributed by atoms with E-state index in [1.165, 1.54) is 4.68 Å². The molecule has 3 rings (SSSR count). The minimum Gasteiger partial charge on any atom is -0.497 e. The number of carbonyl (C=O) groups excluding carboxylic acids is 1. The van der Waals surface area contributed by atoms with E-state index in [1.54, 1.807) is 44.6 Å². The minimum atomic E-state index is -0.310. The van der Waals surface area contributed by atoms with Crippen LogP contribution in [0.1, 0.15) is 0 Å². The molecule has 0 spiro atoms. The molecule has 8 nitrogen and oxygen atoms in total. The summed E-state index contributed by atoms with van der Waals surface area (Å²) >= 11 is 6.16. The molecule has 2 aromatic rings. The maximum Gasteiger partial charge on any atom is 0.287 e. The van der Waals surface area contributed by atoms with E-state index < -0.39 is 0 Å². The third-order valence-corrected chi connectivity index (χ3v) is 4.87. The third kappa shape index (κ3) is 4.58. The van der Waals surface area contributed by atoms with Crippen molar-refractivity contribution in [3.63, 3.8) is 0 Å². The molecule has 0 aliphatic carbocycles. The number of carbonyl (C=O) groups is 1. The van der Waals surface area contributed by atoms with Crippen LogP contribution in [0.3, 0.4) is 0 Å². The number of rotatable bonds is 5. The first-order valence-corrected chi connectivity index (χ1v) is 8.98. The highest BCUT2D eigenvalue weighted by Gasteiger charge is 2.22. The lowest BCUT2D eigenvalue weighted by Crippen LogP contribution is -2.49. The fourth-order valence-corrected chi connectivity index (χ4v) is 3.24. The van der Waals surface area contributed by atoms with E-state index in [0.717, 1.165) is 11.4 Å². The van der Waals surface area contributed by atoms with E-state index in [-0.39, 0.29) is 16.5 Å². The number of aryl methyl sites for hydroxylation is 1. The predicted octanol–water partition coefficient (Wildman–Crippen LogP) is 1.20. The third-order valence-electron chi connectivity index (χ3n) is 4.51. The van der Waals surface area contributed by atoms with Gasteiger partial charge in [0.05, 0.1) is 25.5 Å². The number of ether oxygens (including phenoxy) is 1. The van der Waals surface area contributed by atoms with E-state index in [2.05, 4.69) is 15.3 Å². The van der Waals surface area contributed by atoms with Crippen molar-refractivity contribution >= 4 is 28.9 Å². The zero-order valence-electron chi connectivity index (χ0n) is 15.3. The lowest BCUT2D eigenvalue weighted by atomic mass is 10.2. The summed E-state index contributed by atoms with van der Waals surface area (Å²) < 4.78 is 6.32. The number of benzene rings is 1. The van der Waals surface area contributed by atoms with Crippen LogP contribution in [0.4, 0.5) is 11.4 Å². The van der Waals surface area contributed by atoms with Crippen LogP contribution in [0.2, 0.25) is 5.02 Å². The van der Waals surface area contributed by atoms with Crippen molar-refractivity contribution in [1.29, 1.82) is 0 Å². The fraction of sp³-hybridized carbons (Fsp3) is 0.389. The topological polar surface area (TPSA) is 79.7 Å². The Bertz CT molecular complexity index is 860. The molecule has 1 aromatic heterocycles. The molecule has 1 aromatic carbocycles. The van der Waals surface area contributed by atoms with E-state index in [0.29, 0.717) is 38.4 Å². The second kappa shape index (κ2) is 8.41. The standard InChI is InChI=1S/C18H22ClN5O3/c1-22-18(26)17(19)15(11-20-22)24-9-7-23(8-10-24)12-16(25)21-13-3-5-14(27-2)6-4-13/h3-6,11H,7-10,12H2,1-2H3,(H,21,25). The molecule has 0 radical (unpaired) electrons. The van der Waals surface area contributed by atoms with Gasteiger partial charge in [-0.2, -0.15) is 5.10 Å². The van der Waals surface area contributed by atoms with Gasteiger partial charge in [0.1, 0.15) is 10.8 Å². The largest absolute Gasteiger partial charge is 0.497 e. The molecule has 0 unspecified atom stereocenters. The quantitative estimate of drug-likeness (QED) is 0.825. The van der Waals surface area contributed by atoms with Gasteiger partial charge in [0.15, 0.2) is 0 Å². The number of aromatic nitrogens is 2. The monoisotopic (exact) mass is 391 g/mol. The van der Waals surface area contributed by atoms with Gasteiger partial charge < -0.3 is 15.0 Å². The summed E-state index contributed by atoms with van der Waals surface area (Å²) in [5.41, 5.74) is 1.06. The summed E-state index contributed by atoms with van der Waals surface area (Å²) in [4.78, 5) is 28.3. The Balaban J connectivity index is 1.52. The Kier molecular flexibility index (Phi) is 5.98. The SMILES string of the molecule is COc1ccc(NC(=O)CN2CCN(c3cnn(C)c(=O)c3Cl)CC2)cc1. The molecule has 9 heteroatoms. The van der Waals surface area contributed by atoms with Crippen LogP contribution in [0.15, 0.2) is 35.3 Å². The van der Waals surface area contributed by atoms with Crippen molar-refractivity contribution in [3.8, 4) is 5.75 Å². The van der Waals surface area contributed by atoms with Gasteiger partial charge in [-0.05, 0) is 24.3 Å². The van der Waals surface area contributed by atoms with Crippen molar-refractivity contribution in [3.05, 3.63) is 45.8 Å². The molecule has 0 saturated carbocycles. The van der Waals surface area contributed by atoms with Gasteiger partial charge in [-0.3, -0.25) is 14.5 Å². The Morgan fingerprint density at radius 3 is 2.52 bits per heavy atom. The predicted molar refractivity (Wildman–Crippen MR) is 105 cm³/mol. The molecule has 144 valence electrons. The molecule has 0 bridgehead atoms. The number of amides is 1. The lowest BCUT2D eigenvalue weighted by molar-refractivity contribution is -0.117. The molecule has 1 amide bonds. The van der Waals surface area contributed by atoms with Crippen LogP contribution in [0, 0.1) is 0 Å². The number of nitrogens with one attached hydrogen (secondary N) is 1. The molecule has 2 heterocycles. The summed E-state index contributed by atoms with van der Waals surface area (Å²) in [6, 6.07) is 7.21. The van der Waals surface area contributed by atoms with Gasteiger partial charge in [-0.15, -0.1) is 0 Å². The zero-order valence-corrected chi connectivity index (χ0v) is 16.1. The molecular formula is C18H22ClN5O3. The van der Waals surface area contributed by atoms with Crippen LogP contribution in [0.25, 0.3) is 0 Å². The van der Waals surface area contributed by atoms with Gasteiger partial charge in [0.2, 0.25) is 5.91 Å². The summed E-state index contributed by atoms with van der Waals surface area (Å²) in [6.07, 6.45) is 1.61. The molecule has 1 N–H and O–H groups in total. The Hall–Kier alpha value is -2.58. The number of piperazine rings is 1. The van der Waals surface area contributed by atoms with Crippen LogP contribution < -0.4 is 20.5 Å². The Morgan fingerprint density at radius 2 is 1.89 bits per heavy atom. The van der Waals surface area contributed by atoms with Crippen LogP contribution >= 0.6 is 11.6 Å². The van der Waals surface area contributed by atoms with Gasteiger partial charge >= 0.3 is 0 Å². The summed E-state index contributed by atoms with van der Waals surface area (Å²) in [5.74, 6) is 0.676. The minimum absolute atomic E-state index is 0.0677. The van der Waals surface area contributed by atoms with Gasteiger partial charge in [0.25, 0.3) is 5.56 Å². The van der Waals surface area contributed by atoms with Crippen molar-refractivity contribution in [2.24, 2.45) is 7.05 Å². The number of nitrogens with zero attached hydrogens (tertiary/aromatic N) is 4. The first-order chi connectivity index (χ1) is 13.0. The maximum atomic E-state index is 12.3. The normalized spacial score (nSPS) is 14.9. The molecule has 0 atom stereocenters. The number of hydrogen-bond acceptors (Lipinski definition) is 6. The molecule has 1 fully saturated rings. The van der Waals surface area contributed by atoms with E-state index in [9.17, 15) is 9.59 Å². The maximum absolute atomic E-state index is 12.3. The lowest BCUT2D eigenvalue weighted by Gasteiger charge is -2.35. The number of methoxy groups -OCH3 is 1. The highest BCUT2D eigenvalue weighted by Crippen LogP contribution is 2.22. The fourth-order valence-electron chi connectivity index (χ4n) is 2.95. The smallest absolute Gasteiger partial charge is 0.287 e. The van der Waals surface area contributed by atoms with E-state index >= 15 is 0 Å². The highest BCUT2D eigenvalue weighted by atomic mass is 35.5. The van der Waals surface area contributed by atoms with Crippen molar-refractivity contribution < 1.29 is 9.53 Å².